The zero-order valence-electron chi connectivity index (χ0n) is 9.02. The van der Waals surface area contributed by atoms with Crippen molar-refractivity contribution >= 4 is 5.69 Å². The first-order valence-electron chi connectivity index (χ1n) is 4.05. The fourth-order valence-electron chi connectivity index (χ4n) is 1.25. The van der Waals surface area contributed by atoms with Crippen LogP contribution in [0.3, 0.4) is 0 Å². The smallest absolute Gasteiger partial charge is 0.0340 e. The normalized spacial score (nSPS) is 8.23. The third kappa shape index (κ3) is 4.24. The van der Waals surface area contributed by atoms with Crippen LogP contribution in [0.15, 0.2) is 18.2 Å². The van der Waals surface area contributed by atoms with Crippen LogP contribution in [0.25, 0.3) is 0 Å². The van der Waals surface area contributed by atoms with Gasteiger partial charge in [-0.1, -0.05) is 13.0 Å². The zero-order chi connectivity index (χ0) is 8.27. The summed E-state index contributed by atoms with van der Waals surface area (Å²) in [6.07, 6.45) is 1.12. The Morgan fingerprint density at radius 3 is 2.31 bits per heavy atom. The third-order valence-electron chi connectivity index (χ3n) is 2.01. The van der Waals surface area contributed by atoms with Crippen molar-refractivity contribution in [1.82, 2.24) is 0 Å². The summed E-state index contributed by atoms with van der Waals surface area (Å²) in [4.78, 5) is 0. The predicted octanol–water partition coefficient (Wildman–Crippen LogP) is 3.05. The van der Waals surface area contributed by atoms with Gasteiger partial charge in [0.05, 0.1) is 0 Å². The Bertz CT molecular complexity index is 246. The molecule has 1 aromatic rings. The molecule has 1 nitrogen and oxygen atoms in total. The van der Waals surface area contributed by atoms with Gasteiger partial charge in [0.15, 0.2) is 0 Å². The van der Waals surface area contributed by atoms with E-state index in [9.17, 15) is 0 Å². The van der Waals surface area contributed by atoms with Crippen molar-refractivity contribution in [3.05, 3.63) is 36.8 Å². The SMILES string of the molecule is CCc1ccc(NC)cc1C.[CH3-].[Y]. The van der Waals surface area contributed by atoms with Crippen molar-refractivity contribution in [3.63, 3.8) is 0 Å². The molecule has 0 saturated heterocycles. The number of nitrogens with one attached hydrogen (secondary N) is 1. The molecule has 0 aliphatic heterocycles. The second-order valence-corrected chi connectivity index (χ2v) is 2.74. The van der Waals surface area contributed by atoms with Crippen molar-refractivity contribution in [2.75, 3.05) is 12.4 Å². The molecule has 0 amide bonds. The molecule has 13 heavy (non-hydrogen) atoms. The second-order valence-electron chi connectivity index (χ2n) is 2.74. The van der Waals surface area contributed by atoms with Crippen LogP contribution in [0, 0.1) is 14.4 Å². The van der Waals surface area contributed by atoms with Crippen LogP contribution in [0.1, 0.15) is 18.1 Å². The van der Waals surface area contributed by atoms with E-state index in [0.29, 0.717) is 0 Å². The van der Waals surface area contributed by atoms with Crippen LogP contribution in [-0.2, 0) is 39.1 Å². The first-order valence-corrected chi connectivity index (χ1v) is 4.05. The van der Waals surface area contributed by atoms with Crippen molar-refractivity contribution in [3.8, 4) is 0 Å². The van der Waals surface area contributed by atoms with Gasteiger partial charge in [0, 0.05) is 45.4 Å². The Morgan fingerprint density at radius 1 is 1.31 bits per heavy atom. The average molecular weight is 253 g/mol. The monoisotopic (exact) mass is 253 g/mol. The summed E-state index contributed by atoms with van der Waals surface area (Å²) in [5.74, 6) is 0. The minimum absolute atomic E-state index is 0. The number of hydrogen-bond donors (Lipinski definition) is 1. The number of benzene rings is 1. The minimum atomic E-state index is 0. The van der Waals surface area contributed by atoms with Gasteiger partial charge in [-0.15, -0.1) is 0 Å². The van der Waals surface area contributed by atoms with Crippen LogP contribution in [0.2, 0.25) is 0 Å². The molecule has 0 aromatic heterocycles. The maximum atomic E-state index is 3.12. The molecule has 1 rings (SSSR count). The van der Waals surface area contributed by atoms with Gasteiger partial charge >= 0.3 is 0 Å². The van der Waals surface area contributed by atoms with Crippen LogP contribution in [-0.4, -0.2) is 7.05 Å². The van der Waals surface area contributed by atoms with Crippen LogP contribution in [0.4, 0.5) is 5.69 Å². The molecular weight excluding hydrogens is 235 g/mol. The Kier molecular flexibility index (Phi) is 9.02. The molecule has 0 aliphatic rings. The molecule has 0 saturated carbocycles. The Morgan fingerprint density at radius 2 is 1.92 bits per heavy atom. The first-order chi connectivity index (χ1) is 5.27. The second kappa shape index (κ2) is 7.52. The largest absolute Gasteiger partial charge is 0.388 e. The number of anilines is 1. The van der Waals surface area contributed by atoms with Gasteiger partial charge in [-0.2, -0.15) is 0 Å². The molecule has 1 aromatic carbocycles. The fourth-order valence-corrected chi connectivity index (χ4v) is 1.25. The summed E-state index contributed by atoms with van der Waals surface area (Å²) in [5.41, 5.74) is 4.00. The van der Waals surface area contributed by atoms with Gasteiger partial charge in [-0.3, -0.25) is 0 Å². The molecule has 1 N–H and O–H groups in total. The predicted molar refractivity (Wildman–Crippen MR) is 56.5 cm³/mol. The van der Waals surface area contributed by atoms with E-state index in [4.69, 9.17) is 0 Å². The summed E-state index contributed by atoms with van der Waals surface area (Å²) >= 11 is 0. The zero-order valence-corrected chi connectivity index (χ0v) is 11.9. The molecule has 0 spiro atoms. The van der Waals surface area contributed by atoms with Crippen LogP contribution < -0.4 is 5.32 Å². The quantitative estimate of drug-likeness (QED) is 0.799. The van der Waals surface area contributed by atoms with Crippen LogP contribution >= 0.6 is 0 Å². The number of rotatable bonds is 2. The molecule has 71 valence electrons. The average Bonchev–Trinajstić information content (AvgIpc) is 2.04. The van der Waals surface area contributed by atoms with E-state index in [1.807, 2.05) is 7.05 Å². The summed E-state index contributed by atoms with van der Waals surface area (Å²) < 4.78 is 0. The van der Waals surface area contributed by atoms with Crippen LogP contribution in [0.5, 0.6) is 0 Å². The van der Waals surface area contributed by atoms with Gasteiger partial charge in [0.25, 0.3) is 0 Å². The molecule has 0 atom stereocenters. The summed E-state index contributed by atoms with van der Waals surface area (Å²) in [6.45, 7) is 4.33. The summed E-state index contributed by atoms with van der Waals surface area (Å²) in [6, 6.07) is 6.48. The summed E-state index contributed by atoms with van der Waals surface area (Å²) in [7, 11) is 1.94. The first kappa shape index (κ1) is 15.6. The van der Waals surface area contributed by atoms with E-state index in [1.54, 1.807) is 0 Å². The molecule has 0 heterocycles. The Balaban J connectivity index is 0. The van der Waals surface area contributed by atoms with E-state index in [0.717, 1.165) is 6.42 Å². The molecule has 0 bridgehead atoms. The Hall–Kier alpha value is 0.124. The van der Waals surface area contributed by atoms with E-state index in [2.05, 4.69) is 37.4 Å². The number of hydrogen-bond acceptors (Lipinski definition) is 1. The van der Waals surface area contributed by atoms with Crippen molar-refractivity contribution in [2.45, 2.75) is 20.3 Å². The molecule has 0 fully saturated rings. The molecular formula is C11H18NY-. The van der Waals surface area contributed by atoms with Crippen molar-refractivity contribution < 1.29 is 32.7 Å². The van der Waals surface area contributed by atoms with Crippen molar-refractivity contribution in [1.29, 1.82) is 0 Å². The van der Waals surface area contributed by atoms with Crippen molar-refractivity contribution in [2.24, 2.45) is 0 Å². The standard InChI is InChI=1S/C10H15N.CH3.Y/c1-4-9-5-6-10(11-3)7-8(9)2;;/h5-7,11H,4H2,1-3H3;1H3;/q;-1;. The van der Waals surface area contributed by atoms with Gasteiger partial charge in [0.2, 0.25) is 0 Å². The topological polar surface area (TPSA) is 12.0 Å². The van der Waals surface area contributed by atoms with Gasteiger partial charge in [-0.05, 0) is 36.6 Å². The minimum Gasteiger partial charge on any atom is -0.388 e. The maximum absolute atomic E-state index is 3.12. The van der Waals surface area contributed by atoms with Gasteiger partial charge in [-0.25, -0.2) is 0 Å². The van der Waals surface area contributed by atoms with E-state index in [1.165, 1.54) is 16.8 Å². The molecule has 0 unspecified atom stereocenters. The van der Waals surface area contributed by atoms with Gasteiger partial charge in [0.1, 0.15) is 0 Å². The number of aryl methyl sites for hydroxylation is 2. The van der Waals surface area contributed by atoms with Gasteiger partial charge < -0.3 is 12.7 Å². The van der Waals surface area contributed by atoms with E-state index < -0.39 is 0 Å². The molecule has 0 aliphatic carbocycles. The maximum Gasteiger partial charge on any atom is 0.0340 e. The summed E-state index contributed by atoms with van der Waals surface area (Å²) in [5, 5.41) is 3.12. The van der Waals surface area contributed by atoms with E-state index in [-0.39, 0.29) is 40.1 Å². The fraction of sp³-hybridized carbons (Fsp3) is 0.364. The molecule has 1 radical (unpaired) electrons. The molecule has 2 heteroatoms. The van der Waals surface area contributed by atoms with E-state index >= 15 is 0 Å². The third-order valence-corrected chi connectivity index (χ3v) is 2.01. The Labute approximate surface area is 107 Å².